The molecule has 0 aromatic heterocycles. The Morgan fingerprint density at radius 3 is 2.00 bits per heavy atom. The first-order valence-corrected chi connectivity index (χ1v) is 7.65. The van der Waals surface area contributed by atoms with E-state index in [1.54, 1.807) is 0 Å². The van der Waals surface area contributed by atoms with E-state index in [0.717, 1.165) is 37.1 Å². The molecule has 2 N–H and O–H groups in total. The maximum Gasteiger partial charge on any atom is 0.0567 e. The van der Waals surface area contributed by atoms with Crippen LogP contribution in [0.5, 0.6) is 0 Å². The minimum atomic E-state index is -0.0331. The number of rotatable bonds is 1. The van der Waals surface area contributed by atoms with Gasteiger partial charge in [0.05, 0.1) is 6.10 Å². The zero-order valence-electron chi connectivity index (χ0n) is 10.7. The first kappa shape index (κ1) is 10.8. The fourth-order valence-corrected chi connectivity index (χ4v) is 5.97. The highest BCUT2D eigenvalue weighted by molar-refractivity contribution is 5.07. The molecule has 2 heteroatoms. The number of hydrogen-bond acceptors (Lipinski definition) is 2. The predicted octanol–water partition coefficient (Wildman–Crippen LogP) is 2.32. The third-order valence-corrected chi connectivity index (χ3v) is 6.20. The largest absolute Gasteiger partial charge is 0.393 e. The molecule has 96 valence electrons. The van der Waals surface area contributed by atoms with Crippen molar-refractivity contribution < 1.29 is 5.11 Å². The minimum absolute atomic E-state index is 0.0331. The third-order valence-electron chi connectivity index (χ3n) is 6.20. The van der Waals surface area contributed by atoms with Gasteiger partial charge in [-0.25, -0.2) is 0 Å². The smallest absolute Gasteiger partial charge is 0.0567 e. The molecule has 0 aromatic rings. The number of hydrogen-bond donors (Lipinski definition) is 2. The number of aliphatic hydroxyl groups is 1. The van der Waals surface area contributed by atoms with Gasteiger partial charge in [0.15, 0.2) is 0 Å². The summed E-state index contributed by atoms with van der Waals surface area (Å²) < 4.78 is 0. The summed E-state index contributed by atoms with van der Waals surface area (Å²) in [4.78, 5) is 0. The maximum atomic E-state index is 9.94. The molecule has 1 saturated heterocycles. The Morgan fingerprint density at radius 1 is 0.882 bits per heavy atom. The molecule has 1 aliphatic heterocycles. The SMILES string of the molecule is O[C@@H]1CCN[C@H](C23CC4CC(CC(C4)C2)C3)C1. The Morgan fingerprint density at radius 2 is 1.47 bits per heavy atom. The van der Waals surface area contributed by atoms with Gasteiger partial charge in [-0.05, 0) is 81.1 Å². The molecule has 0 spiro atoms. The van der Waals surface area contributed by atoms with Gasteiger partial charge >= 0.3 is 0 Å². The van der Waals surface area contributed by atoms with E-state index in [2.05, 4.69) is 5.32 Å². The van der Waals surface area contributed by atoms with Crippen LogP contribution in [0.15, 0.2) is 0 Å². The quantitative estimate of drug-likeness (QED) is 0.731. The second-order valence-electron chi connectivity index (χ2n) is 7.46. The minimum Gasteiger partial charge on any atom is -0.393 e. The van der Waals surface area contributed by atoms with Crippen molar-refractivity contribution in [1.29, 1.82) is 0 Å². The summed E-state index contributed by atoms with van der Waals surface area (Å²) in [6.45, 7) is 1.04. The van der Waals surface area contributed by atoms with E-state index < -0.39 is 0 Å². The average molecular weight is 235 g/mol. The highest BCUT2D eigenvalue weighted by Crippen LogP contribution is 2.61. The number of piperidine rings is 1. The van der Waals surface area contributed by atoms with Gasteiger partial charge in [-0.15, -0.1) is 0 Å². The van der Waals surface area contributed by atoms with E-state index >= 15 is 0 Å². The van der Waals surface area contributed by atoms with Crippen LogP contribution in [0.4, 0.5) is 0 Å². The molecular weight excluding hydrogens is 210 g/mol. The number of nitrogens with one attached hydrogen (secondary N) is 1. The van der Waals surface area contributed by atoms with Crippen LogP contribution >= 0.6 is 0 Å². The summed E-state index contributed by atoms with van der Waals surface area (Å²) in [7, 11) is 0. The van der Waals surface area contributed by atoms with Crippen molar-refractivity contribution in [2.45, 2.75) is 63.5 Å². The van der Waals surface area contributed by atoms with E-state index in [1.165, 1.54) is 38.5 Å². The predicted molar refractivity (Wildman–Crippen MR) is 67.6 cm³/mol. The first-order chi connectivity index (χ1) is 8.23. The molecule has 0 amide bonds. The van der Waals surface area contributed by atoms with Crippen LogP contribution in [0.25, 0.3) is 0 Å². The molecule has 1 heterocycles. The van der Waals surface area contributed by atoms with Crippen molar-refractivity contribution in [2.24, 2.45) is 23.2 Å². The van der Waals surface area contributed by atoms with Crippen molar-refractivity contribution >= 4 is 0 Å². The summed E-state index contributed by atoms with van der Waals surface area (Å²) in [6.07, 6.45) is 10.9. The van der Waals surface area contributed by atoms with Crippen molar-refractivity contribution in [2.75, 3.05) is 6.54 Å². The Hall–Kier alpha value is -0.0800. The van der Waals surface area contributed by atoms with Crippen LogP contribution in [-0.4, -0.2) is 23.8 Å². The van der Waals surface area contributed by atoms with E-state index in [0.29, 0.717) is 11.5 Å². The lowest BCUT2D eigenvalue weighted by atomic mass is 9.47. The molecule has 2 nitrogen and oxygen atoms in total. The van der Waals surface area contributed by atoms with Crippen molar-refractivity contribution in [3.63, 3.8) is 0 Å². The van der Waals surface area contributed by atoms with Gasteiger partial charge < -0.3 is 10.4 Å². The topological polar surface area (TPSA) is 32.3 Å². The zero-order chi connectivity index (χ0) is 11.5. The second kappa shape index (κ2) is 3.71. The number of aliphatic hydroxyl groups excluding tert-OH is 1. The normalized spacial score (nSPS) is 57.4. The Balaban J connectivity index is 1.59. The van der Waals surface area contributed by atoms with Crippen molar-refractivity contribution in [1.82, 2.24) is 5.32 Å². The molecule has 5 rings (SSSR count). The van der Waals surface area contributed by atoms with Gasteiger partial charge in [0.2, 0.25) is 0 Å². The molecule has 17 heavy (non-hydrogen) atoms. The molecule has 0 unspecified atom stereocenters. The van der Waals surface area contributed by atoms with Crippen LogP contribution in [0, 0.1) is 23.2 Å². The molecule has 4 bridgehead atoms. The fourth-order valence-electron chi connectivity index (χ4n) is 5.97. The van der Waals surface area contributed by atoms with Gasteiger partial charge in [0.1, 0.15) is 0 Å². The van der Waals surface area contributed by atoms with E-state index in [9.17, 15) is 5.11 Å². The molecule has 4 aliphatic carbocycles. The zero-order valence-corrected chi connectivity index (χ0v) is 10.7. The lowest BCUT2D eigenvalue weighted by molar-refractivity contribution is -0.0869. The molecule has 0 aromatic carbocycles. The van der Waals surface area contributed by atoms with Crippen LogP contribution < -0.4 is 5.32 Å². The van der Waals surface area contributed by atoms with Crippen molar-refractivity contribution in [3.8, 4) is 0 Å². The Labute approximate surface area is 104 Å². The van der Waals surface area contributed by atoms with Gasteiger partial charge in [-0.1, -0.05) is 0 Å². The maximum absolute atomic E-state index is 9.94. The van der Waals surface area contributed by atoms with Gasteiger partial charge in [0, 0.05) is 6.04 Å². The van der Waals surface area contributed by atoms with E-state index in [4.69, 9.17) is 0 Å². The fraction of sp³-hybridized carbons (Fsp3) is 1.00. The third kappa shape index (κ3) is 1.67. The highest BCUT2D eigenvalue weighted by atomic mass is 16.3. The van der Waals surface area contributed by atoms with Gasteiger partial charge in [0.25, 0.3) is 0 Å². The molecule has 2 atom stereocenters. The molecule has 5 fully saturated rings. The lowest BCUT2D eigenvalue weighted by Crippen LogP contribution is -2.58. The molecule has 5 aliphatic rings. The molecule has 4 saturated carbocycles. The van der Waals surface area contributed by atoms with E-state index in [-0.39, 0.29) is 6.10 Å². The Kier molecular flexibility index (Phi) is 2.36. The van der Waals surface area contributed by atoms with Gasteiger partial charge in [-0.2, -0.15) is 0 Å². The van der Waals surface area contributed by atoms with Gasteiger partial charge in [-0.3, -0.25) is 0 Å². The monoisotopic (exact) mass is 235 g/mol. The lowest BCUT2D eigenvalue weighted by Gasteiger charge is -2.60. The summed E-state index contributed by atoms with van der Waals surface area (Å²) in [6, 6.07) is 0.625. The Bertz CT molecular complexity index is 279. The summed E-state index contributed by atoms with van der Waals surface area (Å²) in [5.41, 5.74) is 0.580. The second-order valence-corrected chi connectivity index (χ2v) is 7.46. The molecule has 0 radical (unpaired) electrons. The van der Waals surface area contributed by atoms with Crippen LogP contribution in [-0.2, 0) is 0 Å². The summed E-state index contributed by atoms with van der Waals surface area (Å²) >= 11 is 0. The van der Waals surface area contributed by atoms with Crippen molar-refractivity contribution in [3.05, 3.63) is 0 Å². The van der Waals surface area contributed by atoms with Crippen LogP contribution in [0.1, 0.15) is 51.4 Å². The van der Waals surface area contributed by atoms with E-state index in [1.807, 2.05) is 0 Å². The molecular formula is C15H25NO. The summed E-state index contributed by atoms with van der Waals surface area (Å²) in [5, 5.41) is 13.7. The first-order valence-electron chi connectivity index (χ1n) is 7.65. The highest BCUT2D eigenvalue weighted by Gasteiger charge is 2.54. The standard InChI is InChI=1S/C15H25NO/c17-13-1-2-16-14(6-13)15-7-10-3-11(8-15)5-12(4-10)9-15/h10-14,16-17H,1-9H2/t10?,11?,12?,13-,14+,15?/m1/s1. The van der Waals surface area contributed by atoms with Crippen LogP contribution in [0.3, 0.4) is 0 Å². The van der Waals surface area contributed by atoms with Crippen LogP contribution in [0.2, 0.25) is 0 Å². The summed E-state index contributed by atoms with van der Waals surface area (Å²) in [5.74, 6) is 3.09. The average Bonchev–Trinajstić information content (AvgIpc) is 2.27.